The summed E-state index contributed by atoms with van der Waals surface area (Å²) < 4.78 is 5.33. The van der Waals surface area contributed by atoms with Crippen LogP contribution in [-0.2, 0) is 0 Å². The van der Waals surface area contributed by atoms with E-state index in [1.54, 1.807) is 7.11 Å². The molecule has 0 amide bonds. The van der Waals surface area contributed by atoms with Gasteiger partial charge in [0.1, 0.15) is 5.75 Å². The van der Waals surface area contributed by atoms with Crippen molar-refractivity contribution in [3.8, 4) is 17.0 Å². The highest BCUT2D eigenvalue weighted by molar-refractivity contribution is 5.69. The number of nitrogens with one attached hydrogen (secondary N) is 1. The molecule has 1 aromatic heterocycles. The fourth-order valence-electron chi connectivity index (χ4n) is 2.43. The minimum absolute atomic E-state index is 0.0714. The zero-order valence-corrected chi connectivity index (χ0v) is 12.6. The summed E-state index contributed by atoms with van der Waals surface area (Å²) in [5, 5.41) is 0. The highest BCUT2D eigenvalue weighted by Gasteiger charge is 2.16. The molecule has 1 N–H and O–H groups in total. The number of nitrogens with zero attached hydrogens (tertiary/aromatic N) is 1. The third-order valence-corrected chi connectivity index (χ3v) is 3.46. The Morgan fingerprint density at radius 2 is 1.90 bits per heavy atom. The molecule has 106 valence electrons. The number of H-pyrrole nitrogens is 1. The molecule has 0 bridgehead atoms. The van der Waals surface area contributed by atoms with E-state index in [2.05, 4.69) is 9.97 Å². The van der Waals surface area contributed by atoms with Gasteiger partial charge in [-0.15, -0.1) is 0 Å². The Hall–Kier alpha value is -2.10. The van der Waals surface area contributed by atoms with Gasteiger partial charge < -0.3 is 9.72 Å². The molecule has 0 saturated heterocycles. The van der Waals surface area contributed by atoms with Crippen molar-refractivity contribution in [1.29, 1.82) is 0 Å². The molecule has 0 radical (unpaired) electrons. The van der Waals surface area contributed by atoms with E-state index < -0.39 is 0 Å². The summed E-state index contributed by atoms with van der Waals surface area (Å²) in [6, 6.07) is 4.01. The Kier molecular flexibility index (Phi) is 3.93. The van der Waals surface area contributed by atoms with Crippen LogP contribution in [0, 0.1) is 13.8 Å². The van der Waals surface area contributed by atoms with Gasteiger partial charge in [0.2, 0.25) is 0 Å². The van der Waals surface area contributed by atoms with Crippen molar-refractivity contribution in [3.05, 3.63) is 45.5 Å². The van der Waals surface area contributed by atoms with Gasteiger partial charge in [-0.1, -0.05) is 13.8 Å². The molecule has 0 fully saturated rings. The van der Waals surface area contributed by atoms with Crippen molar-refractivity contribution >= 4 is 0 Å². The molecule has 0 spiro atoms. The minimum Gasteiger partial charge on any atom is -0.496 e. The van der Waals surface area contributed by atoms with Crippen LogP contribution < -0.4 is 10.3 Å². The molecule has 0 aliphatic rings. The van der Waals surface area contributed by atoms with Crippen LogP contribution in [0.2, 0.25) is 0 Å². The first kappa shape index (κ1) is 14.3. The van der Waals surface area contributed by atoms with E-state index in [4.69, 9.17) is 4.74 Å². The van der Waals surface area contributed by atoms with Crippen LogP contribution in [0.1, 0.15) is 36.5 Å². The predicted octanol–water partition coefficient (Wildman–Crippen LogP) is 3.19. The first-order chi connectivity index (χ1) is 9.45. The highest BCUT2D eigenvalue weighted by atomic mass is 16.5. The third-order valence-electron chi connectivity index (χ3n) is 3.46. The molecule has 0 unspecified atom stereocenters. The van der Waals surface area contributed by atoms with Crippen LogP contribution in [0.4, 0.5) is 0 Å². The molecule has 0 aliphatic carbocycles. The summed E-state index contributed by atoms with van der Waals surface area (Å²) in [4.78, 5) is 19.1. The van der Waals surface area contributed by atoms with Crippen molar-refractivity contribution in [2.45, 2.75) is 33.6 Å². The summed E-state index contributed by atoms with van der Waals surface area (Å²) >= 11 is 0. The van der Waals surface area contributed by atoms with Crippen LogP contribution in [-0.4, -0.2) is 17.1 Å². The standard InChI is InChI=1S/C16H20N2O2/c1-9(2)14-15(17-8-18-16(14)19)12-6-11(4)13(20-5)7-10(12)3/h6-9H,1-5H3,(H,17,18,19). The maximum Gasteiger partial charge on any atom is 0.254 e. The number of hydrogen-bond donors (Lipinski definition) is 1. The summed E-state index contributed by atoms with van der Waals surface area (Å²) in [6.07, 6.45) is 1.46. The largest absolute Gasteiger partial charge is 0.496 e. The van der Waals surface area contributed by atoms with Crippen LogP contribution in [0.5, 0.6) is 5.75 Å². The molecular formula is C16H20N2O2. The fraction of sp³-hybridized carbons (Fsp3) is 0.375. The Bertz CT molecular complexity index is 687. The van der Waals surface area contributed by atoms with Gasteiger partial charge in [-0.05, 0) is 43.0 Å². The number of rotatable bonds is 3. The Balaban J connectivity index is 2.72. The van der Waals surface area contributed by atoms with Gasteiger partial charge in [0.05, 0.1) is 19.1 Å². The summed E-state index contributed by atoms with van der Waals surface area (Å²) in [6.45, 7) is 8.00. The van der Waals surface area contributed by atoms with E-state index in [1.807, 2.05) is 39.8 Å². The Morgan fingerprint density at radius 1 is 1.20 bits per heavy atom. The predicted molar refractivity (Wildman–Crippen MR) is 80.4 cm³/mol. The van der Waals surface area contributed by atoms with Crippen molar-refractivity contribution in [3.63, 3.8) is 0 Å². The van der Waals surface area contributed by atoms with Gasteiger partial charge in [0.15, 0.2) is 0 Å². The number of hydrogen-bond acceptors (Lipinski definition) is 3. The molecule has 2 rings (SSSR count). The average Bonchev–Trinajstić information content (AvgIpc) is 2.40. The minimum atomic E-state index is -0.0714. The maximum atomic E-state index is 12.1. The van der Waals surface area contributed by atoms with Gasteiger partial charge in [-0.2, -0.15) is 0 Å². The Labute approximate surface area is 118 Å². The smallest absolute Gasteiger partial charge is 0.254 e. The van der Waals surface area contributed by atoms with E-state index in [0.717, 1.165) is 33.7 Å². The zero-order valence-electron chi connectivity index (χ0n) is 12.6. The molecule has 4 nitrogen and oxygen atoms in total. The fourth-order valence-corrected chi connectivity index (χ4v) is 2.43. The van der Waals surface area contributed by atoms with E-state index in [0.29, 0.717) is 0 Å². The quantitative estimate of drug-likeness (QED) is 0.933. The van der Waals surface area contributed by atoms with Gasteiger partial charge in [0, 0.05) is 11.1 Å². The summed E-state index contributed by atoms with van der Waals surface area (Å²) in [5.41, 5.74) is 4.47. The summed E-state index contributed by atoms with van der Waals surface area (Å²) in [5.74, 6) is 0.964. The first-order valence-corrected chi connectivity index (χ1v) is 6.69. The lowest BCUT2D eigenvalue weighted by Crippen LogP contribution is -2.16. The molecule has 0 saturated carbocycles. The van der Waals surface area contributed by atoms with Gasteiger partial charge >= 0.3 is 0 Å². The van der Waals surface area contributed by atoms with E-state index >= 15 is 0 Å². The molecule has 1 aromatic carbocycles. The number of benzene rings is 1. The van der Waals surface area contributed by atoms with Gasteiger partial charge in [-0.25, -0.2) is 4.98 Å². The van der Waals surface area contributed by atoms with Gasteiger partial charge in [0.25, 0.3) is 5.56 Å². The van der Waals surface area contributed by atoms with E-state index in [9.17, 15) is 4.79 Å². The van der Waals surface area contributed by atoms with Crippen LogP contribution in [0.25, 0.3) is 11.3 Å². The SMILES string of the molecule is COc1cc(C)c(-c2nc[nH]c(=O)c2C(C)C)cc1C. The zero-order chi connectivity index (χ0) is 14.9. The van der Waals surface area contributed by atoms with Crippen molar-refractivity contribution in [2.24, 2.45) is 0 Å². The number of aryl methyl sites for hydroxylation is 2. The number of methoxy groups -OCH3 is 1. The maximum absolute atomic E-state index is 12.1. The lowest BCUT2D eigenvalue weighted by Gasteiger charge is -2.14. The van der Waals surface area contributed by atoms with E-state index in [-0.39, 0.29) is 11.5 Å². The van der Waals surface area contributed by atoms with Crippen molar-refractivity contribution < 1.29 is 4.74 Å². The van der Waals surface area contributed by atoms with E-state index in [1.165, 1.54) is 6.33 Å². The molecule has 4 heteroatoms. The molecule has 0 atom stereocenters. The van der Waals surface area contributed by atoms with Gasteiger partial charge in [-0.3, -0.25) is 4.79 Å². The van der Waals surface area contributed by atoms with Crippen molar-refractivity contribution in [1.82, 2.24) is 9.97 Å². The normalized spacial score (nSPS) is 10.9. The third kappa shape index (κ3) is 2.46. The van der Waals surface area contributed by atoms with Crippen LogP contribution in [0.15, 0.2) is 23.3 Å². The van der Waals surface area contributed by atoms with Crippen molar-refractivity contribution in [2.75, 3.05) is 7.11 Å². The Morgan fingerprint density at radius 3 is 2.50 bits per heavy atom. The lowest BCUT2D eigenvalue weighted by molar-refractivity contribution is 0.411. The lowest BCUT2D eigenvalue weighted by atomic mass is 9.94. The second-order valence-corrected chi connectivity index (χ2v) is 5.29. The topological polar surface area (TPSA) is 55.0 Å². The monoisotopic (exact) mass is 272 g/mol. The molecule has 20 heavy (non-hydrogen) atoms. The average molecular weight is 272 g/mol. The number of aromatic amines is 1. The molecule has 0 aliphatic heterocycles. The molecule has 1 heterocycles. The molecular weight excluding hydrogens is 252 g/mol. The first-order valence-electron chi connectivity index (χ1n) is 6.69. The highest BCUT2D eigenvalue weighted by Crippen LogP contribution is 2.31. The van der Waals surface area contributed by atoms with Crippen LogP contribution >= 0.6 is 0 Å². The second-order valence-electron chi connectivity index (χ2n) is 5.29. The molecule has 2 aromatic rings. The number of ether oxygens (including phenoxy) is 1. The number of aromatic nitrogens is 2. The van der Waals surface area contributed by atoms with Crippen LogP contribution in [0.3, 0.4) is 0 Å². The summed E-state index contributed by atoms with van der Waals surface area (Å²) in [7, 11) is 1.66. The second kappa shape index (κ2) is 5.49.